The molecule has 1 aromatic carbocycles. The van der Waals surface area contributed by atoms with Gasteiger partial charge in [-0.2, -0.15) is 18.3 Å². The Labute approximate surface area is 185 Å². The fraction of sp³-hybridized carbons (Fsp3) is 0.217. The first-order chi connectivity index (χ1) is 15.8. The molecule has 7 nitrogen and oxygen atoms in total. The number of benzene rings is 1. The van der Waals surface area contributed by atoms with Crippen molar-refractivity contribution >= 4 is 24.0 Å². The number of aryl methyl sites for hydroxylation is 1. The van der Waals surface area contributed by atoms with Gasteiger partial charge in [0.2, 0.25) is 0 Å². The maximum Gasteiger partial charge on any atom is 0.491 e. The predicted octanol–water partition coefficient (Wildman–Crippen LogP) is 3.43. The van der Waals surface area contributed by atoms with Crippen molar-refractivity contribution in [2.75, 3.05) is 6.54 Å². The number of nitrogens with one attached hydrogen (secondary N) is 1. The molecule has 1 aliphatic carbocycles. The highest BCUT2D eigenvalue weighted by Gasteiger charge is 2.41. The molecular weight excluding hydrogens is 437 g/mol. The average molecular weight is 454 g/mol. The molecule has 0 fully saturated rings. The zero-order chi connectivity index (χ0) is 23.2. The average Bonchev–Trinajstić information content (AvgIpc) is 3.18. The van der Waals surface area contributed by atoms with Crippen LogP contribution in [0.5, 0.6) is 5.75 Å². The number of fused-ring (bicyclic) bond motifs is 5. The molecule has 0 unspecified atom stereocenters. The van der Waals surface area contributed by atoms with E-state index < -0.39 is 12.1 Å². The van der Waals surface area contributed by atoms with E-state index in [2.05, 4.69) is 20.1 Å². The van der Waals surface area contributed by atoms with Crippen LogP contribution in [0.25, 0.3) is 23.4 Å². The Hall–Kier alpha value is -3.95. The molecule has 0 atom stereocenters. The van der Waals surface area contributed by atoms with Crippen LogP contribution in [0.4, 0.5) is 13.2 Å². The normalized spacial score (nSPS) is 14.9. The highest BCUT2D eigenvalue weighted by molar-refractivity contribution is 5.97. The number of halogens is 3. The van der Waals surface area contributed by atoms with Crippen molar-refractivity contribution in [2.24, 2.45) is 0 Å². The fourth-order valence-corrected chi connectivity index (χ4v) is 3.99. The summed E-state index contributed by atoms with van der Waals surface area (Å²) in [7, 11) is 0. The molecular formula is C23H17F3N4O3. The van der Waals surface area contributed by atoms with E-state index in [9.17, 15) is 22.8 Å². The van der Waals surface area contributed by atoms with Gasteiger partial charge in [0.15, 0.2) is 0 Å². The minimum absolute atomic E-state index is 0.100. The first-order valence-electron chi connectivity index (χ1n) is 10.2. The second-order valence-electron chi connectivity index (χ2n) is 7.71. The van der Waals surface area contributed by atoms with Crippen LogP contribution in [0, 0.1) is 0 Å². The molecule has 33 heavy (non-hydrogen) atoms. The Morgan fingerprint density at radius 2 is 1.94 bits per heavy atom. The molecule has 3 aromatic rings. The van der Waals surface area contributed by atoms with Crippen molar-refractivity contribution in [2.45, 2.75) is 25.6 Å². The topological polar surface area (TPSA) is 86.1 Å². The van der Waals surface area contributed by atoms with Crippen molar-refractivity contribution < 1.29 is 27.5 Å². The third kappa shape index (κ3) is 3.99. The highest BCUT2D eigenvalue weighted by atomic mass is 19.4. The fourth-order valence-electron chi connectivity index (χ4n) is 3.99. The second kappa shape index (κ2) is 7.88. The van der Waals surface area contributed by atoms with Crippen molar-refractivity contribution in [3.63, 3.8) is 0 Å². The standard InChI is InChI=1S/C23H17F3N4O3/c24-23(25,26)22(32)33-16-6-2-13(3-7-16)1-5-15-11-18-14(12-28-15)4-8-17-19(18)29-30-10-9-27-21(31)20(17)30/h1-3,5-7,11-12H,4,8-10H2,(H,27,31)/b5-1+. The molecule has 1 aliphatic heterocycles. The summed E-state index contributed by atoms with van der Waals surface area (Å²) in [5.41, 5.74) is 5.74. The van der Waals surface area contributed by atoms with Crippen LogP contribution >= 0.6 is 0 Å². The van der Waals surface area contributed by atoms with Crippen LogP contribution in [0.1, 0.15) is 32.9 Å². The number of carbonyl (C=O) groups excluding carboxylic acids is 2. The SMILES string of the molecule is O=C1NCCn2nc3c(c21)CCc1cnc(/C=C/c2ccc(OC(=O)C(F)(F)F)cc2)cc1-3. The minimum atomic E-state index is -5.05. The molecule has 0 radical (unpaired) electrons. The quantitative estimate of drug-likeness (QED) is 0.484. The van der Waals surface area contributed by atoms with Gasteiger partial charge >= 0.3 is 12.1 Å². The van der Waals surface area contributed by atoms with Gasteiger partial charge in [0.05, 0.1) is 17.9 Å². The number of nitrogens with zero attached hydrogens (tertiary/aromatic N) is 3. The number of esters is 1. The summed E-state index contributed by atoms with van der Waals surface area (Å²) in [6.07, 6.45) is 1.77. The number of hydrogen-bond acceptors (Lipinski definition) is 5. The monoisotopic (exact) mass is 454 g/mol. The van der Waals surface area contributed by atoms with Crippen LogP contribution in [0.15, 0.2) is 36.5 Å². The lowest BCUT2D eigenvalue weighted by Crippen LogP contribution is -2.36. The zero-order valence-corrected chi connectivity index (χ0v) is 17.1. The molecule has 0 saturated carbocycles. The van der Waals surface area contributed by atoms with Crippen molar-refractivity contribution in [1.82, 2.24) is 20.1 Å². The Kier molecular flexibility index (Phi) is 4.99. The highest BCUT2D eigenvalue weighted by Crippen LogP contribution is 2.35. The molecule has 0 bridgehead atoms. The van der Waals surface area contributed by atoms with Gasteiger partial charge in [-0.1, -0.05) is 18.2 Å². The van der Waals surface area contributed by atoms with Gasteiger partial charge < -0.3 is 10.1 Å². The predicted molar refractivity (Wildman–Crippen MR) is 112 cm³/mol. The lowest BCUT2D eigenvalue weighted by atomic mass is 9.89. The Morgan fingerprint density at radius 1 is 1.15 bits per heavy atom. The van der Waals surface area contributed by atoms with E-state index in [1.165, 1.54) is 24.3 Å². The van der Waals surface area contributed by atoms with E-state index in [0.717, 1.165) is 35.2 Å². The number of aromatic nitrogens is 3. The first kappa shape index (κ1) is 20.9. The van der Waals surface area contributed by atoms with Crippen molar-refractivity contribution in [3.8, 4) is 17.0 Å². The summed E-state index contributed by atoms with van der Waals surface area (Å²) in [6, 6.07) is 7.56. The van der Waals surface area contributed by atoms with Crippen LogP contribution in [-0.4, -0.2) is 39.4 Å². The first-order valence-corrected chi connectivity index (χ1v) is 10.2. The summed E-state index contributed by atoms with van der Waals surface area (Å²) >= 11 is 0. The Bertz CT molecular complexity index is 1290. The van der Waals surface area contributed by atoms with Gasteiger partial charge in [-0.05, 0) is 48.2 Å². The Balaban J connectivity index is 1.37. The van der Waals surface area contributed by atoms with Gasteiger partial charge in [0.25, 0.3) is 5.91 Å². The van der Waals surface area contributed by atoms with Gasteiger partial charge in [-0.25, -0.2) is 4.79 Å². The zero-order valence-electron chi connectivity index (χ0n) is 17.1. The van der Waals surface area contributed by atoms with Gasteiger partial charge in [-0.15, -0.1) is 0 Å². The summed E-state index contributed by atoms with van der Waals surface area (Å²) in [5, 5.41) is 7.54. The molecule has 168 valence electrons. The van der Waals surface area contributed by atoms with Crippen LogP contribution in [0.3, 0.4) is 0 Å². The molecule has 2 aliphatic rings. The molecule has 0 saturated heterocycles. The maximum atomic E-state index is 12.3. The second-order valence-corrected chi connectivity index (χ2v) is 7.71. The van der Waals surface area contributed by atoms with Crippen molar-refractivity contribution in [3.05, 3.63) is 64.6 Å². The maximum absolute atomic E-state index is 12.3. The molecule has 1 N–H and O–H groups in total. The number of alkyl halides is 3. The van der Waals surface area contributed by atoms with Gasteiger partial charge in [-0.3, -0.25) is 14.5 Å². The van der Waals surface area contributed by atoms with E-state index in [-0.39, 0.29) is 11.7 Å². The molecule has 10 heteroatoms. The summed E-state index contributed by atoms with van der Waals surface area (Å²) in [5.74, 6) is -2.56. The number of rotatable bonds is 3. The summed E-state index contributed by atoms with van der Waals surface area (Å²) in [4.78, 5) is 27.7. The number of hydrogen-bond donors (Lipinski definition) is 1. The van der Waals surface area contributed by atoms with Crippen LogP contribution in [-0.2, 0) is 24.2 Å². The number of pyridine rings is 1. The molecule has 0 spiro atoms. The van der Waals surface area contributed by atoms with E-state index >= 15 is 0 Å². The van der Waals surface area contributed by atoms with Crippen LogP contribution < -0.4 is 10.1 Å². The van der Waals surface area contributed by atoms with E-state index in [1.54, 1.807) is 23.0 Å². The largest absolute Gasteiger partial charge is 0.491 e. The number of carbonyl (C=O) groups is 2. The van der Waals surface area contributed by atoms with Crippen LogP contribution in [0.2, 0.25) is 0 Å². The molecule has 2 aromatic heterocycles. The van der Waals surface area contributed by atoms with E-state index in [1.807, 2.05) is 6.07 Å². The Morgan fingerprint density at radius 3 is 2.70 bits per heavy atom. The van der Waals surface area contributed by atoms with Gasteiger partial charge in [0, 0.05) is 23.9 Å². The number of ether oxygens (including phenoxy) is 1. The number of amides is 1. The molecule has 5 rings (SSSR count). The van der Waals surface area contributed by atoms with Crippen molar-refractivity contribution in [1.29, 1.82) is 0 Å². The minimum Gasteiger partial charge on any atom is -0.420 e. The lowest BCUT2D eigenvalue weighted by Gasteiger charge is -2.17. The third-order valence-corrected chi connectivity index (χ3v) is 5.55. The van der Waals surface area contributed by atoms with Gasteiger partial charge in [0.1, 0.15) is 11.4 Å². The smallest absolute Gasteiger partial charge is 0.420 e. The molecule has 1 amide bonds. The van der Waals surface area contributed by atoms with E-state index in [0.29, 0.717) is 30.0 Å². The third-order valence-electron chi connectivity index (χ3n) is 5.55. The lowest BCUT2D eigenvalue weighted by molar-refractivity contribution is -0.189. The summed E-state index contributed by atoms with van der Waals surface area (Å²) < 4.78 is 43.0. The summed E-state index contributed by atoms with van der Waals surface area (Å²) in [6.45, 7) is 1.19. The molecule has 3 heterocycles. The van der Waals surface area contributed by atoms with E-state index in [4.69, 9.17) is 0 Å².